The van der Waals surface area contributed by atoms with Gasteiger partial charge in [0.1, 0.15) is 12.4 Å². The molecule has 0 saturated carbocycles. The number of ether oxygens (including phenoxy) is 3. The van der Waals surface area contributed by atoms with Crippen LogP contribution in [0.5, 0.6) is 5.75 Å². The van der Waals surface area contributed by atoms with E-state index in [1.807, 2.05) is 24.3 Å². The fraction of sp³-hybridized carbons (Fsp3) is 0.556. The van der Waals surface area contributed by atoms with Crippen molar-refractivity contribution in [2.45, 2.75) is 45.1 Å². The molecular weight excluding hydrogens is 294 g/mol. The molecule has 1 aliphatic rings. The van der Waals surface area contributed by atoms with E-state index >= 15 is 0 Å². The number of unbranched alkanes of at least 4 members (excludes halogenated alkanes) is 4. The van der Waals surface area contributed by atoms with Gasteiger partial charge >= 0.3 is 5.97 Å². The van der Waals surface area contributed by atoms with Gasteiger partial charge in [-0.15, -0.1) is 0 Å². The summed E-state index contributed by atoms with van der Waals surface area (Å²) < 4.78 is 15.9. The van der Waals surface area contributed by atoms with Gasteiger partial charge in [-0.1, -0.05) is 32.6 Å². The van der Waals surface area contributed by atoms with Gasteiger partial charge in [-0.2, -0.15) is 0 Å². The summed E-state index contributed by atoms with van der Waals surface area (Å²) in [7, 11) is 1.35. The molecule has 5 heteroatoms. The Morgan fingerprint density at radius 2 is 1.96 bits per heavy atom. The average Bonchev–Trinajstić information content (AvgIpc) is 3.08. The maximum absolute atomic E-state index is 11.4. The summed E-state index contributed by atoms with van der Waals surface area (Å²) in [5, 5.41) is 0. The van der Waals surface area contributed by atoms with Crippen LogP contribution in [0.1, 0.15) is 44.6 Å². The molecule has 0 aromatic heterocycles. The number of nitrogens with zero attached hydrogens (tertiary/aromatic N) is 1. The van der Waals surface area contributed by atoms with Crippen molar-refractivity contribution in [2.24, 2.45) is 4.99 Å². The van der Waals surface area contributed by atoms with Gasteiger partial charge in [0.2, 0.25) is 5.90 Å². The summed E-state index contributed by atoms with van der Waals surface area (Å²) in [5.74, 6) is 0.946. The first-order valence-corrected chi connectivity index (χ1v) is 8.26. The lowest BCUT2D eigenvalue weighted by Gasteiger charge is -2.07. The SMILES string of the molecule is CCCCCCCOc1ccc(C2=N[C@@H](C(=O)OC)CO2)cc1. The van der Waals surface area contributed by atoms with Crippen molar-refractivity contribution in [3.05, 3.63) is 29.8 Å². The Balaban J connectivity index is 1.80. The van der Waals surface area contributed by atoms with Crippen molar-refractivity contribution in [3.63, 3.8) is 0 Å². The summed E-state index contributed by atoms with van der Waals surface area (Å²) in [6.07, 6.45) is 6.12. The molecule has 1 atom stereocenters. The fourth-order valence-electron chi connectivity index (χ4n) is 2.38. The molecule has 1 aliphatic heterocycles. The lowest BCUT2D eigenvalue weighted by Crippen LogP contribution is -2.21. The summed E-state index contributed by atoms with van der Waals surface area (Å²) in [6.45, 7) is 3.19. The first-order chi connectivity index (χ1) is 11.2. The average molecular weight is 319 g/mol. The zero-order chi connectivity index (χ0) is 16.5. The van der Waals surface area contributed by atoms with Crippen molar-refractivity contribution in [1.29, 1.82) is 0 Å². The second-order valence-electron chi connectivity index (χ2n) is 5.57. The Bertz CT molecular complexity index is 524. The number of carbonyl (C=O) groups is 1. The Kier molecular flexibility index (Phi) is 6.91. The lowest BCUT2D eigenvalue weighted by atomic mass is 10.2. The maximum atomic E-state index is 11.4. The van der Waals surface area contributed by atoms with E-state index in [0.29, 0.717) is 5.90 Å². The zero-order valence-corrected chi connectivity index (χ0v) is 13.9. The minimum atomic E-state index is -0.561. The van der Waals surface area contributed by atoms with Crippen LogP contribution >= 0.6 is 0 Å². The van der Waals surface area contributed by atoms with E-state index in [2.05, 4.69) is 16.7 Å². The molecule has 1 aromatic rings. The van der Waals surface area contributed by atoms with Crippen LogP contribution in [0.2, 0.25) is 0 Å². The monoisotopic (exact) mass is 319 g/mol. The van der Waals surface area contributed by atoms with Crippen LogP contribution in [0, 0.1) is 0 Å². The largest absolute Gasteiger partial charge is 0.494 e. The van der Waals surface area contributed by atoms with Crippen molar-refractivity contribution in [3.8, 4) is 5.75 Å². The molecule has 2 rings (SSSR count). The quantitative estimate of drug-likeness (QED) is 0.517. The lowest BCUT2D eigenvalue weighted by molar-refractivity contribution is -0.142. The number of hydrogen-bond donors (Lipinski definition) is 0. The van der Waals surface area contributed by atoms with E-state index in [-0.39, 0.29) is 12.6 Å². The summed E-state index contributed by atoms with van der Waals surface area (Å²) >= 11 is 0. The Morgan fingerprint density at radius 1 is 1.22 bits per heavy atom. The van der Waals surface area contributed by atoms with E-state index in [9.17, 15) is 4.79 Å². The molecule has 0 spiro atoms. The van der Waals surface area contributed by atoms with Gasteiger partial charge in [-0.3, -0.25) is 0 Å². The summed E-state index contributed by atoms with van der Waals surface area (Å²) in [4.78, 5) is 15.7. The molecule has 23 heavy (non-hydrogen) atoms. The molecule has 0 aliphatic carbocycles. The number of benzene rings is 1. The Hall–Kier alpha value is -2.04. The smallest absolute Gasteiger partial charge is 0.334 e. The zero-order valence-electron chi connectivity index (χ0n) is 13.9. The van der Waals surface area contributed by atoms with Crippen LogP contribution in [0.25, 0.3) is 0 Å². The van der Waals surface area contributed by atoms with Crippen molar-refractivity contribution in [1.82, 2.24) is 0 Å². The van der Waals surface area contributed by atoms with Gasteiger partial charge in [0.05, 0.1) is 13.7 Å². The Morgan fingerprint density at radius 3 is 2.65 bits per heavy atom. The summed E-state index contributed by atoms with van der Waals surface area (Å²) in [6, 6.07) is 7.03. The highest BCUT2D eigenvalue weighted by Crippen LogP contribution is 2.17. The van der Waals surface area contributed by atoms with E-state index in [1.54, 1.807) is 0 Å². The minimum Gasteiger partial charge on any atom is -0.494 e. The summed E-state index contributed by atoms with van der Waals surface area (Å²) in [5.41, 5.74) is 0.840. The van der Waals surface area contributed by atoms with Crippen LogP contribution < -0.4 is 4.74 Å². The minimum absolute atomic E-state index is 0.234. The van der Waals surface area contributed by atoms with Crippen molar-refractivity contribution < 1.29 is 19.0 Å². The Labute approximate surface area is 137 Å². The molecule has 0 saturated heterocycles. The van der Waals surface area contributed by atoms with Gasteiger partial charge in [0.25, 0.3) is 0 Å². The second kappa shape index (κ2) is 9.18. The molecule has 1 heterocycles. The van der Waals surface area contributed by atoms with Gasteiger partial charge in [0, 0.05) is 5.56 Å². The molecule has 0 bridgehead atoms. The highest BCUT2D eigenvalue weighted by molar-refractivity contribution is 5.97. The van der Waals surface area contributed by atoms with Gasteiger partial charge in [0.15, 0.2) is 6.04 Å². The highest BCUT2D eigenvalue weighted by atomic mass is 16.5. The van der Waals surface area contributed by atoms with Crippen LogP contribution in [-0.4, -0.2) is 38.2 Å². The second-order valence-corrected chi connectivity index (χ2v) is 5.57. The van der Waals surface area contributed by atoms with E-state index < -0.39 is 6.04 Å². The topological polar surface area (TPSA) is 57.1 Å². The number of esters is 1. The van der Waals surface area contributed by atoms with Crippen LogP contribution in [-0.2, 0) is 14.3 Å². The third-order valence-corrected chi connectivity index (χ3v) is 3.74. The number of carbonyl (C=O) groups excluding carboxylic acids is 1. The third-order valence-electron chi connectivity index (χ3n) is 3.74. The normalized spacial score (nSPS) is 16.6. The van der Waals surface area contributed by atoms with Gasteiger partial charge in [-0.25, -0.2) is 9.79 Å². The molecule has 1 aromatic carbocycles. The predicted molar refractivity (Wildman–Crippen MR) is 89.0 cm³/mol. The van der Waals surface area contributed by atoms with Gasteiger partial charge < -0.3 is 14.2 Å². The highest BCUT2D eigenvalue weighted by Gasteiger charge is 2.27. The molecule has 126 valence electrons. The molecule has 0 unspecified atom stereocenters. The molecule has 0 N–H and O–H groups in total. The number of rotatable bonds is 9. The van der Waals surface area contributed by atoms with E-state index in [1.165, 1.54) is 32.8 Å². The number of aliphatic imine (C=N–C) groups is 1. The number of hydrogen-bond acceptors (Lipinski definition) is 5. The van der Waals surface area contributed by atoms with Crippen molar-refractivity contribution >= 4 is 11.9 Å². The number of methoxy groups -OCH3 is 1. The maximum Gasteiger partial charge on any atom is 0.334 e. The molecule has 5 nitrogen and oxygen atoms in total. The predicted octanol–water partition coefficient (Wildman–Crippen LogP) is 3.35. The molecule has 0 radical (unpaired) electrons. The van der Waals surface area contributed by atoms with Crippen LogP contribution in [0.15, 0.2) is 29.3 Å². The van der Waals surface area contributed by atoms with E-state index in [4.69, 9.17) is 9.47 Å². The first kappa shape index (κ1) is 17.3. The third kappa shape index (κ3) is 5.27. The van der Waals surface area contributed by atoms with Crippen LogP contribution in [0.4, 0.5) is 0 Å². The van der Waals surface area contributed by atoms with Crippen LogP contribution in [0.3, 0.4) is 0 Å². The van der Waals surface area contributed by atoms with E-state index in [0.717, 1.165) is 24.3 Å². The fourth-order valence-corrected chi connectivity index (χ4v) is 2.38. The molecule has 0 fully saturated rings. The molecule has 0 amide bonds. The van der Waals surface area contributed by atoms with Gasteiger partial charge in [-0.05, 0) is 30.7 Å². The first-order valence-electron chi connectivity index (χ1n) is 8.26. The van der Waals surface area contributed by atoms with Crippen molar-refractivity contribution in [2.75, 3.05) is 20.3 Å². The standard InChI is InChI=1S/C18H25NO4/c1-3-4-5-6-7-12-22-15-10-8-14(9-11-15)17-19-16(13-23-17)18(20)21-2/h8-11,16H,3-7,12-13H2,1-2H3/t16-/m1/s1. The molecular formula is C18H25NO4.